The summed E-state index contributed by atoms with van der Waals surface area (Å²) in [4.78, 5) is 36.7. The van der Waals surface area contributed by atoms with Gasteiger partial charge < -0.3 is 15.4 Å². The molecule has 2 heterocycles. The summed E-state index contributed by atoms with van der Waals surface area (Å²) >= 11 is 0. The van der Waals surface area contributed by atoms with E-state index in [1.165, 1.54) is 21.9 Å². The van der Waals surface area contributed by atoms with Crippen LogP contribution in [0, 0.1) is 29.1 Å². The highest BCUT2D eigenvalue weighted by molar-refractivity contribution is 7.92. The Labute approximate surface area is 191 Å². The highest BCUT2D eigenvalue weighted by Crippen LogP contribution is 2.45. The highest BCUT2D eigenvalue weighted by Gasteiger charge is 2.44. The molecule has 1 aliphatic carbocycles. The van der Waals surface area contributed by atoms with Crippen LogP contribution in [0.15, 0.2) is 12.3 Å². The van der Waals surface area contributed by atoms with Gasteiger partial charge in [0.1, 0.15) is 6.61 Å². The van der Waals surface area contributed by atoms with Crippen LogP contribution in [0.3, 0.4) is 0 Å². The van der Waals surface area contributed by atoms with E-state index < -0.39 is 26.6 Å². The Hall–Kier alpha value is -3.48. The molecule has 1 fully saturated rings. The van der Waals surface area contributed by atoms with Gasteiger partial charge in [-0.3, -0.25) is 14.6 Å². The van der Waals surface area contributed by atoms with Crippen molar-refractivity contribution < 1.29 is 32.7 Å². The van der Waals surface area contributed by atoms with Crippen LogP contribution in [0.2, 0.25) is 0 Å². The summed E-state index contributed by atoms with van der Waals surface area (Å²) in [5.41, 5.74) is 7.23. The molecule has 3 rings (SSSR count). The molecule has 3 amide bonds. The maximum Gasteiger partial charge on any atom is 0.404 e. The quantitative estimate of drug-likeness (QED) is 0.288. The van der Waals surface area contributed by atoms with Crippen LogP contribution in [0.25, 0.3) is 0 Å². The van der Waals surface area contributed by atoms with Crippen molar-refractivity contribution >= 4 is 27.9 Å². The number of sulfone groups is 1. The second-order valence-electron chi connectivity index (χ2n) is 8.38. The van der Waals surface area contributed by atoms with Gasteiger partial charge in [0.05, 0.1) is 12.0 Å². The van der Waals surface area contributed by atoms with Gasteiger partial charge in [-0.1, -0.05) is 11.8 Å². The highest BCUT2D eigenvalue weighted by atomic mass is 32.2. The number of hydrogen-bond acceptors (Lipinski definition) is 7. The van der Waals surface area contributed by atoms with Gasteiger partial charge >= 0.3 is 12.1 Å². The van der Waals surface area contributed by atoms with Gasteiger partial charge in [0.25, 0.3) is 5.91 Å². The molecule has 1 atom stereocenters. The molecule has 1 saturated carbocycles. The number of hydrogen-bond donors (Lipinski definition) is 3. The van der Waals surface area contributed by atoms with Crippen LogP contribution < -0.4 is 11.2 Å². The zero-order valence-electron chi connectivity index (χ0n) is 18.2. The number of nitrogens with two attached hydrogens (primary N) is 1. The molecule has 1 aliphatic heterocycles. The molecule has 0 bridgehead atoms. The number of amides is 3. The minimum atomic E-state index is -3.85. The van der Waals surface area contributed by atoms with E-state index in [9.17, 15) is 22.8 Å². The van der Waals surface area contributed by atoms with Gasteiger partial charge in [0.15, 0.2) is 14.6 Å². The molecule has 12 heteroatoms. The number of primary amides is 1. The van der Waals surface area contributed by atoms with Crippen molar-refractivity contribution in [3.05, 3.63) is 23.5 Å². The molecule has 0 saturated heterocycles. The second kappa shape index (κ2) is 8.81. The van der Waals surface area contributed by atoms with E-state index in [0.717, 1.165) is 19.1 Å². The van der Waals surface area contributed by atoms with E-state index in [-0.39, 0.29) is 37.6 Å². The zero-order valence-corrected chi connectivity index (χ0v) is 19.0. The summed E-state index contributed by atoms with van der Waals surface area (Å²) in [7, 11) is -3.85. The number of ether oxygens (including phenoxy) is 1. The Balaban J connectivity index is 1.63. The number of carbonyl (C=O) groups is 3. The molecule has 2 aliphatic rings. The van der Waals surface area contributed by atoms with Gasteiger partial charge in [-0.15, -0.1) is 0 Å². The van der Waals surface area contributed by atoms with E-state index in [4.69, 9.17) is 15.7 Å². The first-order valence-corrected chi connectivity index (χ1v) is 11.9. The van der Waals surface area contributed by atoms with Crippen LogP contribution in [0.4, 0.5) is 9.59 Å². The zero-order chi connectivity index (χ0) is 24.4. The summed E-state index contributed by atoms with van der Waals surface area (Å²) in [5.74, 6) is 10.3. The minimum Gasteiger partial charge on any atom is -0.448 e. The van der Waals surface area contributed by atoms with E-state index in [1.807, 2.05) is 0 Å². The Morgan fingerprint density at radius 2 is 2.06 bits per heavy atom. The fourth-order valence-electron chi connectivity index (χ4n) is 3.33. The molecule has 4 N–H and O–H groups in total. The van der Waals surface area contributed by atoms with Crippen LogP contribution in [-0.2, 0) is 25.9 Å². The maximum atomic E-state index is 12.7. The Morgan fingerprint density at radius 1 is 1.36 bits per heavy atom. The van der Waals surface area contributed by atoms with Crippen LogP contribution in [0.5, 0.6) is 0 Å². The van der Waals surface area contributed by atoms with Crippen molar-refractivity contribution in [3.63, 3.8) is 0 Å². The van der Waals surface area contributed by atoms with Crippen molar-refractivity contribution in [1.29, 1.82) is 0 Å². The van der Waals surface area contributed by atoms with Crippen molar-refractivity contribution in [2.75, 3.05) is 19.4 Å². The number of rotatable bonds is 7. The lowest BCUT2D eigenvalue weighted by Gasteiger charge is -2.27. The minimum absolute atomic E-state index is 0.000548. The van der Waals surface area contributed by atoms with Crippen molar-refractivity contribution in [1.82, 2.24) is 14.9 Å². The normalized spacial score (nSPS) is 17.5. The molecule has 0 radical (unpaired) electrons. The lowest BCUT2D eigenvalue weighted by atomic mass is 10.1. The summed E-state index contributed by atoms with van der Waals surface area (Å²) in [6.45, 7) is 1.56. The predicted octanol–water partition coefficient (Wildman–Crippen LogP) is 0.201. The molecular formula is C21H24N4O7S. The molecule has 0 aromatic carbocycles. The first-order valence-electron chi connectivity index (χ1n) is 10.0. The fourth-order valence-corrected chi connectivity index (χ4v) is 4.18. The van der Waals surface area contributed by atoms with Crippen molar-refractivity contribution in [3.8, 4) is 23.7 Å². The van der Waals surface area contributed by atoms with Gasteiger partial charge in [0, 0.05) is 30.3 Å². The summed E-state index contributed by atoms with van der Waals surface area (Å²) in [6.07, 6.45) is 3.05. The van der Waals surface area contributed by atoms with E-state index in [2.05, 4.69) is 23.7 Å². The second-order valence-corrected chi connectivity index (χ2v) is 10.8. The number of fused-ring (bicyclic) bond motifs is 1. The summed E-state index contributed by atoms with van der Waals surface area (Å²) in [6, 6.07) is 1.36. The number of hydroxylamine groups is 1. The average molecular weight is 477 g/mol. The Morgan fingerprint density at radius 3 is 2.61 bits per heavy atom. The SMILES string of the molecule is C[C@@](CCN1Cc2cc(C#CC#CC3(COC(N)=O)CC3)cn2C1=O)(C(=O)NO)S(C)(=O)=O. The molecule has 0 spiro atoms. The van der Waals surface area contributed by atoms with E-state index >= 15 is 0 Å². The van der Waals surface area contributed by atoms with Crippen LogP contribution >= 0.6 is 0 Å². The standard InChI is InChI=1S/C21H24N4O7S/c1-20(17(26)23-29,33(2,30)31)9-10-24-13-16-11-15(12-25(16)19(24)28)5-3-4-6-21(7-8-21)14-32-18(22)27/h11-12,29H,7-10,13-14H2,1-2H3,(H2,22,27)(H,23,26)/t20-/m1/s1. The number of nitrogens with zero attached hydrogens (tertiary/aromatic N) is 2. The summed E-state index contributed by atoms with van der Waals surface area (Å²) in [5, 5.41) is 8.91. The van der Waals surface area contributed by atoms with Gasteiger partial charge in [0.2, 0.25) is 0 Å². The third-order valence-electron chi connectivity index (χ3n) is 5.93. The van der Waals surface area contributed by atoms with Gasteiger partial charge in [-0.2, -0.15) is 0 Å². The molecular weight excluding hydrogens is 452 g/mol. The van der Waals surface area contributed by atoms with E-state index in [0.29, 0.717) is 11.3 Å². The lowest BCUT2D eigenvalue weighted by molar-refractivity contribution is -0.131. The van der Waals surface area contributed by atoms with Gasteiger partial charge in [-0.05, 0) is 44.1 Å². The maximum absolute atomic E-state index is 12.7. The predicted molar refractivity (Wildman–Crippen MR) is 115 cm³/mol. The van der Waals surface area contributed by atoms with Crippen LogP contribution in [0.1, 0.15) is 37.4 Å². The van der Waals surface area contributed by atoms with E-state index in [1.54, 1.807) is 12.3 Å². The third kappa shape index (κ3) is 5.13. The first-order chi connectivity index (χ1) is 15.4. The molecule has 1 aromatic rings. The molecule has 0 unspecified atom stereocenters. The topological polar surface area (TPSA) is 161 Å². The van der Waals surface area contributed by atoms with Crippen LogP contribution in [-0.4, -0.2) is 65.3 Å². The summed E-state index contributed by atoms with van der Waals surface area (Å²) < 4.78 is 28.5. The van der Waals surface area contributed by atoms with Crippen molar-refractivity contribution in [2.24, 2.45) is 11.1 Å². The first kappa shape index (κ1) is 24.2. The third-order valence-corrected chi connectivity index (χ3v) is 7.96. The Bertz CT molecular complexity index is 1220. The monoisotopic (exact) mass is 476 g/mol. The number of carbonyl (C=O) groups excluding carboxylic acids is 3. The molecule has 33 heavy (non-hydrogen) atoms. The lowest BCUT2D eigenvalue weighted by Crippen LogP contribution is -2.50. The largest absolute Gasteiger partial charge is 0.448 e. The molecule has 176 valence electrons. The van der Waals surface area contributed by atoms with Gasteiger partial charge in [-0.25, -0.2) is 23.5 Å². The fraction of sp³-hybridized carbons (Fsp3) is 0.476. The molecule has 1 aromatic heterocycles. The average Bonchev–Trinajstić information content (AvgIpc) is 3.32. The van der Waals surface area contributed by atoms with Crippen molar-refractivity contribution in [2.45, 2.75) is 37.5 Å². The number of aromatic nitrogens is 1. The number of nitrogens with one attached hydrogen (secondary N) is 1. The Kier molecular flexibility index (Phi) is 6.45. The smallest absolute Gasteiger partial charge is 0.404 e. The molecule has 11 nitrogen and oxygen atoms in total.